The van der Waals surface area contributed by atoms with Gasteiger partial charge in [0.25, 0.3) is 5.78 Å². The van der Waals surface area contributed by atoms with Gasteiger partial charge < -0.3 is 9.47 Å². The molecule has 3 atom stereocenters. The maximum atomic E-state index is 12.1. The molecule has 1 fully saturated rings. The molecule has 2 aliphatic rings. The van der Waals surface area contributed by atoms with Crippen molar-refractivity contribution in [3.63, 3.8) is 0 Å². The van der Waals surface area contributed by atoms with Gasteiger partial charge in [0, 0.05) is 26.2 Å². The summed E-state index contributed by atoms with van der Waals surface area (Å²) in [6, 6.07) is -1.36. The standard InChI is InChI=1S/C14H17N3O6/c1-3-4-10(19)12-13(20)14(21)17(16-15-12)11-6-5-9(23-11)7-22-8(2)18/h5-6,9,11-12H,3-4,7H2,1-2H3. The lowest BCUT2D eigenvalue weighted by Gasteiger charge is -2.26. The predicted octanol–water partition coefficient (Wildman–Crippen LogP) is 0.199. The zero-order chi connectivity index (χ0) is 17.0. The Labute approximate surface area is 133 Å². The predicted molar refractivity (Wildman–Crippen MR) is 74.3 cm³/mol. The van der Waals surface area contributed by atoms with E-state index in [1.807, 2.05) is 0 Å². The molecule has 0 spiro atoms. The number of hydrogen-bond donors (Lipinski definition) is 0. The molecule has 0 bridgehead atoms. The Morgan fingerprint density at radius 1 is 1.35 bits per heavy atom. The highest BCUT2D eigenvalue weighted by Gasteiger charge is 2.43. The molecule has 2 radical (unpaired) electrons. The number of ether oxygens (including phenoxy) is 2. The van der Waals surface area contributed by atoms with Crippen LogP contribution in [0, 0.1) is 12.8 Å². The molecule has 2 rings (SSSR count). The number of carbonyl (C=O) groups is 4. The smallest absolute Gasteiger partial charge is 0.316 e. The van der Waals surface area contributed by atoms with Crippen LogP contribution < -0.4 is 0 Å². The van der Waals surface area contributed by atoms with Crippen LogP contribution in [0.25, 0.3) is 0 Å². The first-order chi connectivity index (χ1) is 10.9. The van der Waals surface area contributed by atoms with Gasteiger partial charge in [0.15, 0.2) is 18.1 Å². The molecular formula is C14H17N3O6. The number of rotatable bonds is 6. The van der Waals surface area contributed by atoms with Crippen LogP contribution >= 0.6 is 0 Å². The van der Waals surface area contributed by atoms with Crippen LogP contribution in [0.1, 0.15) is 26.7 Å². The van der Waals surface area contributed by atoms with Gasteiger partial charge in [-0.25, -0.2) is 0 Å². The molecular weight excluding hydrogens is 306 g/mol. The maximum absolute atomic E-state index is 12.1. The average Bonchev–Trinajstić information content (AvgIpc) is 2.96. The van der Waals surface area contributed by atoms with Crippen molar-refractivity contribution in [2.75, 3.05) is 6.61 Å². The van der Waals surface area contributed by atoms with Crippen LogP contribution in [0.15, 0.2) is 10.3 Å². The monoisotopic (exact) mass is 323 g/mol. The highest BCUT2D eigenvalue weighted by molar-refractivity contribution is 6.42. The van der Waals surface area contributed by atoms with Crippen LogP contribution in [-0.2, 0) is 28.7 Å². The fourth-order valence-corrected chi connectivity index (χ4v) is 2.11. The molecule has 2 heterocycles. The largest absolute Gasteiger partial charge is 0.463 e. The molecule has 1 amide bonds. The van der Waals surface area contributed by atoms with E-state index in [0.717, 1.165) is 5.01 Å². The third-order valence-corrected chi connectivity index (χ3v) is 3.23. The summed E-state index contributed by atoms with van der Waals surface area (Å²) in [5.41, 5.74) is 0. The highest BCUT2D eigenvalue weighted by Crippen LogP contribution is 2.24. The highest BCUT2D eigenvalue weighted by atomic mass is 16.6. The fraction of sp³-hybridized carbons (Fsp3) is 0.571. The van der Waals surface area contributed by atoms with E-state index in [1.54, 1.807) is 13.3 Å². The summed E-state index contributed by atoms with van der Waals surface area (Å²) < 4.78 is 10.2. The summed E-state index contributed by atoms with van der Waals surface area (Å²) in [7, 11) is 0. The Kier molecular flexibility index (Phi) is 5.54. The first kappa shape index (κ1) is 17.2. The van der Waals surface area contributed by atoms with Crippen molar-refractivity contribution in [3.05, 3.63) is 12.8 Å². The molecule has 0 aromatic heterocycles. The van der Waals surface area contributed by atoms with Crippen molar-refractivity contribution in [1.29, 1.82) is 0 Å². The van der Waals surface area contributed by atoms with Crippen molar-refractivity contribution in [2.24, 2.45) is 10.3 Å². The lowest BCUT2D eigenvalue weighted by Crippen LogP contribution is -2.49. The van der Waals surface area contributed by atoms with Crippen molar-refractivity contribution >= 4 is 23.4 Å². The molecule has 0 aromatic carbocycles. The number of ketones is 2. The van der Waals surface area contributed by atoms with Gasteiger partial charge in [-0.15, -0.1) is 0 Å². The van der Waals surface area contributed by atoms with E-state index in [-0.39, 0.29) is 13.0 Å². The number of carbonyl (C=O) groups excluding carboxylic acids is 4. The van der Waals surface area contributed by atoms with Crippen LogP contribution in [0.3, 0.4) is 0 Å². The molecule has 2 aliphatic heterocycles. The number of nitrogens with zero attached hydrogens (tertiary/aromatic N) is 3. The van der Waals surface area contributed by atoms with Crippen molar-refractivity contribution in [1.82, 2.24) is 5.01 Å². The van der Waals surface area contributed by atoms with Crippen LogP contribution in [0.4, 0.5) is 0 Å². The van der Waals surface area contributed by atoms with Gasteiger partial charge in [-0.3, -0.25) is 19.2 Å². The zero-order valence-electron chi connectivity index (χ0n) is 12.8. The van der Waals surface area contributed by atoms with E-state index in [4.69, 9.17) is 9.47 Å². The van der Waals surface area contributed by atoms with Gasteiger partial charge in [0.1, 0.15) is 6.61 Å². The van der Waals surface area contributed by atoms with E-state index >= 15 is 0 Å². The van der Waals surface area contributed by atoms with E-state index in [1.165, 1.54) is 13.3 Å². The van der Waals surface area contributed by atoms with Gasteiger partial charge in [-0.2, -0.15) is 10.1 Å². The summed E-state index contributed by atoms with van der Waals surface area (Å²) >= 11 is 0. The number of esters is 1. The quantitative estimate of drug-likeness (QED) is 0.392. The van der Waals surface area contributed by atoms with Crippen LogP contribution in [0.5, 0.6) is 0 Å². The lowest BCUT2D eigenvalue weighted by molar-refractivity contribution is -0.160. The minimum atomic E-state index is -1.36. The Morgan fingerprint density at radius 3 is 2.74 bits per heavy atom. The van der Waals surface area contributed by atoms with Crippen molar-refractivity contribution in [3.8, 4) is 0 Å². The van der Waals surface area contributed by atoms with E-state index in [2.05, 4.69) is 10.3 Å². The minimum absolute atomic E-state index is 0.00688. The molecule has 23 heavy (non-hydrogen) atoms. The molecule has 1 saturated heterocycles. The summed E-state index contributed by atoms with van der Waals surface area (Å²) in [6.45, 7) is 3.05. The SMILES string of the molecule is CCCC(=O)C1N=NN(C2[CH][CH]C(COC(C)=O)O2)C(=O)C1=O. The second-order valence-corrected chi connectivity index (χ2v) is 5.09. The number of Topliss-reactive ketones (excluding diaryl/α,β-unsaturated/α-hetero) is 2. The fourth-order valence-electron chi connectivity index (χ4n) is 2.11. The molecule has 3 unspecified atom stereocenters. The van der Waals surface area contributed by atoms with Gasteiger partial charge in [-0.1, -0.05) is 12.1 Å². The Bertz CT molecular complexity index is 547. The average molecular weight is 323 g/mol. The molecule has 0 aromatic rings. The van der Waals surface area contributed by atoms with Crippen molar-refractivity contribution in [2.45, 2.75) is 45.1 Å². The maximum Gasteiger partial charge on any atom is 0.316 e. The molecule has 9 heteroatoms. The van der Waals surface area contributed by atoms with E-state index in [0.29, 0.717) is 6.42 Å². The van der Waals surface area contributed by atoms with E-state index in [9.17, 15) is 19.2 Å². The normalized spacial score (nSPS) is 27.4. The van der Waals surface area contributed by atoms with Gasteiger partial charge >= 0.3 is 11.9 Å². The summed E-state index contributed by atoms with van der Waals surface area (Å²) in [4.78, 5) is 46.6. The zero-order valence-corrected chi connectivity index (χ0v) is 12.8. The molecule has 0 N–H and O–H groups in total. The molecule has 9 nitrogen and oxygen atoms in total. The second kappa shape index (κ2) is 7.40. The summed E-state index contributed by atoms with van der Waals surface area (Å²) in [5, 5.41) is 8.06. The molecule has 0 saturated carbocycles. The van der Waals surface area contributed by atoms with Gasteiger partial charge in [0.2, 0.25) is 0 Å². The number of hydrogen-bond acceptors (Lipinski definition) is 8. The summed E-state index contributed by atoms with van der Waals surface area (Å²) in [6.07, 6.45) is 2.36. The Hall–Kier alpha value is -2.16. The Morgan fingerprint density at radius 2 is 2.09 bits per heavy atom. The van der Waals surface area contributed by atoms with Gasteiger partial charge in [0.05, 0.1) is 6.10 Å². The minimum Gasteiger partial charge on any atom is -0.463 e. The number of amides is 1. The van der Waals surface area contributed by atoms with Crippen LogP contribution in [0.2, 0.25) is 0 Å². The third-order valence-electron chi connectivity index (χ3n) is 3.23. The molecule has 0 aliphatic carbocycles. The van der Waals surface area contributed by atoms with E-state index < -0.39 is 41.8 Å². The lowest BCUT2D eigenvalue weighted by atomic mass is 10.0. The van der Waals surface area contributed by atoms with Crippen molar-refractivity contribution < 1.29 is 28.7 Å². The third kappa shape index (κ3) is 3.98. The second-order valence-electron chi connectivity index (χ2n) is 5.09. The first-order valence-electron chi connectivity index (χ1n) is 7.22. The van der Waals surface area contributed by atoms with Gasteiger partial charge in [-0.05, 0) is 6.42 Å². The topological polar surface area (TPSA) is 115 Å². The molecule has 124 valence electrons. The van der Waals surface area contributed by atoms with Crippen LogP contribution in [-0.4, -0.2) is 53.4 Å². The first-order valence-corrected chi connectivity index (χ1v) is 7.22. The summed E-state index contributed by atoms with van der Waals surface area (Å²) in [5.74, 6) is -2.74. The Balaban J connectivity index is 1.98.